The Morgan fingerprint density at radius 2 is 1.86 bits per heavy atom. The fourth-order valence-corrected chi connectivity index (χ4v) is 5.11. The van der Waals surface area contributed by atoms with Crippen molar-refractivity contribution in [3.63, 3.8) is 0 Å². The van der Waals surface area contributed by atoms with Crippen LogP contribution in [-0.2, 0) is 14.8 Å². The van der Waals surface area contributed by atoms with Gasteiger partial charge >= 0.3 is 0 Å². The van der Waals surface area contributed by atoms with Crippen LogP contribution < -0.4 is 5.32 Å². The predicted molar refractivity (Wildman–Crippen MR) is 114 cm³/mol. The van der Waals surface area contributed by atoms with Crippen LogP contribution in [0.2, 0.25) is 0 Å². The van der Waals surface area contributed by atoms with Gasteiger partial charge in [0.25, 0.3) is 0 Å². The fourth-order valence-electron chi connectivity index (χ4n) is 2.73. The quantitative estimate of drug-likeness (QED) is 0.625. The predicted octanol–water partition coefficient (Wildman–Crippen LogP) is 3.76. The second-order valence-electron chi connectivity index (χ2n) is 6.29. The molecule has 0 bridgehead atoms. The molecule has 1 unspecified atom stereocenters. The van der Waals surface area contributed by atoms with Crippen molar-refractivity contribution in [3.05, 3.63) is 52.0 Å². The van der Waals surface area contributed by atoms with Crippen molar-refractivity contribution in [2.45, 2.75) is 45.1 Å². The van der Waals surface area contributed by atoms with Crippen LogP contribution in [0.1, 0.15) is 49.5 Å². The number of nitrogens with zero attached hydrogens (tertiary/aromatic N) is 2. The van der Waals surface area contributed by atoms with Gasteiger partial charge in [0.2, 0.25) is 15.9 Å². The number of carbonyl (C=O) groups is 1. The minimum atomic E-state index is -3.47. The number of thiazole rings is 1. The molecule has 1 aromatic heterocycles. The molecule has 0 radical (unpaired) electrons. The highest BCUT2D eigenvalue weighted by Gasteiger charge is 2.21. The van der Waals surface area contributed by atoms with Crippen LogP contribution in [0.25, 0.3) is 6.08 Å². The van der Waals surface area contributed by atoms with Gasteiger partial charge in [-0.1, -0.05) is 32.9 Å². The molecule has 0 fully saturated rings. The monoisotopic (exact) mass is 421 g/mol. The Morgan fingerprint density at radius 3 is 2.36 bits per heavy atom. The number of aromatic nitrogens is 1. The summed E-state index contributed by atoms with van der Waals surface area (Å²) in [7, 11) is -3.47. The van der Waals surface area contributed by atoms with E-state index >= 15 is 0 Å². The zero-order chi connectivity index (χ0) is 20.7. The van der Waals surface area contributed by atoms with Crippen LogP contribution in [0.15, 0.2) is 40.6 Å². The van der Waals surface area contributed by atoms with E-state index in [2.05, 4.69) is 10.3 Å². The molecule has 0 aliphatic rings. The van der Waals surface area contributed by atoms with Gasteiger partial charge in [0.15, 0.2) is 0 Å². The van der Waals surface area contributed by atoms with Gasteiger partial charge in [-0.05, 0) is 37.1 Å². The molecule has 1 atom stereocenters. The Bertz CT molecular complexity index is 914. The molecule has 0 saturated carbocycles. The lowest BCUT2D eigenvalue weighted by molar-refractivity contribution is -0.117. The van der Waals surface area contributed by atoms with E-state index in [0.29, 0.717) is 13.1 Å². The third-order valence-corrected chi connectivity index (χ3v) is 7.45. The third kappa shape index (κ3) is 5.50. The third-order valence-electron chi connectivity index (χ3n) is 4.31. The van der Waals surface area contributed by atoms with Crippen molar-refractivity contribution in [2.75, 3.05) is 13.1 Å². The first-order valence-electron chi connectivity index (χ1n) is 9.32. The number of nitrogens with one attached hydrogen (secondary N) is 1. The lowest BCUT2D eigenvalue weighted by Gasteiger charge is -2.18. The second kappa shape index (κ2) is 9.95. The number of amides is 1. The maximum Gasteiger partial charge on any atom is 0.244 e. The molecule has 0 spiro atoms. The van der Waals surface area contributed by atoms with Crippen LogP contribution >= 0.6 is 11.3 Å². The zero-order valence-electron chi connectivity index (χ0n) is 16.7. The average molecular weight is 422 g/mol. The van der Waals surface area contributed by atoms with Crippen molar-refractivity contribution in [2.24, 2.45) is 0 Å². The van der Waals surface area contributed by atoms with Crippen LogP contribution in [0.5, 0.6) is 0 Å². The van der Waals surface area contributed by atoms with Crippen LogP contribution in [0.4, 0.5) is 0 Å². The van der Waals surface area contributed by atoms with Gasteiger partial charge in [-0.15, -0.1) is 11.3 Å². The molecule has 1 amide bonds. The summed E-state index contributed by atoms with van der Waals surface area (Å²) in [5, 5.41) is 5.81. The minimum Gasteiger partial charge on any atom is -0.343 e. The topological polar surface area (TPSA) is 79.4 Å². The van der Waals surface area contributed by atoms with Gasteiger partial charge in [-0.25, -0.2) is 13.4 Å². The van der Waals surface area contributed by atoms with Gasteiger partial charge in [0.05, 0.1) is 10.9 Å². The normalized spacial score (nSPS) is 13.2. The maximum atomic E-state index is 12.5. The Kier molecular flexibility index (Phi) is 7.91. The SMILES string of the molecule is CCC(NC(=O)/C=C/c1ccc(S(=O)(=O)N(CC)CC)cc1)c1nc(C)cs1. The van der Waals surface area contributed by atoms with Crippen LogP contribution in [0.3, 0.4) is 0 Å². The smallest absolute Gasteiger partial charge is 0.244 e. The molecule has 6 nitrogen and oxygen atoms in total. The van der Waals surface area contributed by atoms with Gasteiger partial charge in [-0.2, -0.15) is 4.31 Å². The largest absolute Gasteiger partial charge is 0.343 e. The summed E-state index contributed by atoms with van der Waals surface area (Å²) in [4.78, 5) is 16.9. The molecule has 1 N–H and O–H groups in total. The molecule has 0 aliphatic heterocycles. The Balaban J connectivity index is 2.05. The number of benzene rings is 1. The summed E-state index contributed by atoms with van der Waals surface area (Å²) in [5.74, 6) is -0.209. The highest BCUT2D eigenvalue weighted by molar-refractivity contribution is 7.89. The summed E-state index contributed by atoms with van der Waals surface area (Å²) in [6.07, 6.45) is 3.88. The lowest BCUT2D eigenvalue weighted by Crippen LogP contribution is -2.30. The molecule has 1 aromatic carbocycles. The highest BCUT2D eigenvalue weighted by Crippen LogP contribution is 2.21. The maximum absolute atomic E-state index is 12.5. The molecule has 2 aromatic rings. The lowest BCUT2D eigenvalue weighted by atomic mass is 10.2. The molecule has 2 rings (SSSR count). The van der Waals surface area contributed by atoms with E-state index in [1.807, 2.05) is 33.1 Å². The molecule has 28 heavy (non-hydrogen) atoms. The fraction of sp³-hybridized carbons (Fsp3) is 0.400. The summed E-state index contributed by atoms with van der Waals surface area (Å²) < 4.78 is 26.4. The van der Waals surface area contributed by atoms with Crippen molar-refractivity contribution in [1.29, 1.82) is 0 Å². The minimum absolute atomic E-state index is 0.113. The van der Waals surface area contributed by atoms with Crippen molar-refractivity contribution in [1.82, 2.24) is 14.6 Å². The van der Waals surface area contributed by atoms with Gasteiger partial charge in [0.1, 0.15) is 5.01 Å². The standard InChI is InChI=1S/C20H27N3O3S2/c1-5-18(20-21-15(4)14-27-20)22-19(24)13-10-16-8-11-17(12-9-16)28(25,26)23(6-2)7-3/h8-14,18H,5-7H2,1-4H3,(H,22,24)/b13-10+. The van der Waals surface area contributed by atoms with Crippen molar-refractivity contribution < 1.29 is 13.2 Å². The van der Waals surface area contributed by atoms with E-state index in [0.717, 1.165) is 22.7 Å². The van der Waals surface area contributed by atoms with Crippen LogP contribution in [0, 0.1) is 6.92 Å². The van der Waals surface area contributed by atoms with Crippen LogP contribution in [-0.4, -0.2) is 36.7 Å². The summed E-state index contributed by atoms with van der Waals surface area (Å²) in [6, 6.07) is 6.41. The van der Waals surface area contributed by atoms with Gasteiger partial charge in [0, 0.05) is 30.2 Å². The number of hydrogen-bond donors (Lipinski definition) is 1. The van der Waals surface area contributed by atoms with Crippen molar-refractivity contribution in [3.8, 4) is 0 Å². The van der Waals surface area contributed by atoms with Crippen molar-refractivity contribution >= 4 is 33.3 Å². The van der Waals surface area contributed by atoms with E-state index in [4.69, 9.17) is 0 Å². The Hall–Kier alpha value is -2.03. The second-order valence-corrected chi connectivity index (χ2v) is 9.12. The summed E-state index contributed by atoms with van der Waals surface area (Å²) in [5.41, 5.74) is 1.70. The van der Waals surface area contributed by atoms with E-state index in [1.165, 1.54) is 21.7 Å². The number of hydrogen-bond acceptors (Lipinski definition) is 5. The molecule has 0 aliphatic carbocycles. The number of carbonyl (C=O) groups excluding carboxylic acids is 1. The molecule has 8 heteroatoms. The first-order chi connectivity index (χ1) is 13.3. The van der Waals surface area contributed by atoms with E-state index in [1.54, 1.807) is 30.3 Å². The van der Waals surface area contributed by atoms with E-state index in [-0.39, 0.29) is 16.8 Å². The molecular weight excluding hydrogens is 394 g/mol. The first kappa shape index (κ1) is 22.3. The van der Waals surface area contributed by atoms with E-state index in [9.17, 15) is 13.2 Å². The number of aryl methyl sites for hydroxylation is 1. The average Bonchev–Trinajstić information content (AvgIpc) is 3.11. The van der Waals surface area contributed by atoms with Gasteiger partial charge in [-0.3, -0.25) is 4.79 Å². The highest BCUT2D eigenvalue weighted by atomic mass is 32.2. The summed E-state index contributed by atoms with van der Waals surface area (Å²) >= 11 is 1.54. The Labute approximate surface area is 171 Å². The summed E-state index contributed by atoms with van der Waals surface area (Å²) in [6.45, 7) is 8.41. The molecule has 152 valence electrons. The molecule has 0 saturated heterocycles. The molecule has 1 heterocycles. The first-order valence-corrected chi connectivity index (χ1v) is 11.6. The van der Waals surface area contributed by atoms with E-state index < -0.39 is 10.0 Å². The number of sulfonamides is 1. The molecular formula is C20H27N3O3S2. The Morgan fingerprint density at radius 1 is 1.21 bits per heavy atom. The zero-order valence-corrected chi connectivity index (χ0v) is 18.3. The van der Waals surface area contributed by atoms with Gasteiger partial charge < -0.3 is 5.32 Å². The number of rotatable bonds is 9.